The Morgan fingerprint density at radius 2 is 1.36 bits per heavy atom. The number of aromatic nitrogens is 2. The van der Waals surface area contributed by atoms with Crippen LogP contribution < -0.4 is 39.4 Å². The van der Waals surface area contributed by atoms with Crippen molar-refractivity contribution in [1.29, 1.82) is 0 Å². The summed E-state index contributed by atoms with van der Waals surface area (Å²) in [4.78, 5) is 42.8. The van der Waals surface area contributed by atoms with E-state index in [0.717, 1.165) is 6.20 Å². The lowest BCUT2D eigenvalue weighted by atomic mass is 10.1. The monoisotopic (exact) mass is 633 g/mol. The molecule has 0 bridgehead atoms. The number of nitrogens with one attached hydrogen (secondary N) is 1. The van der Waals surface area contributed by atoms with Crippen LogP contribution in [-0.2, 0) is 9.47 Å². The number of aliphatic hydroxyl groups is 1. The van der Waals surface area contributed by atoms with Crippen LogP contribution in [0, 0.1) is 5.82 Å². The predicted molar refractivity (Wildman–Crippen MR) is 153 cm³/mol. The molecule has 0 spiro atoms. The second-order valence-electron chi connectivity index (χ2n) is 9.50. The molecule has 1 aliphatic rings. The minimum atomic E-state index is -1.48. The van der Waals surface area contributed by atoms with Gasteiger partial charge in [0.15, 0.2) is 47.0 Å². The minimum Gasteiger partial charge on any atom is -0.493 e. The molecular formula is C29H32FN3O12. The first-order valence-corrected chi connectivity index (χ1v) is 13.3. The van der Waals surface area contributed by atoms with E-state index in [9.17, 15) is 19.5 Å². The summed E-state index contributed by atoms with van der Waals surface area (Å²) in [7, 11) is 8.23. The van der Waals surface area contributed by atoms with Gasteiger partial charge >= 0.3 is 11.7 Å². The molecule has 4 rings (SSSR count). The largest absolute Gasteiger partial charge is 0.493 e. The van der Waals surface area contributed by atoms with Crippen molar-refractivity contribution in [2.24, 2.45) is 0 Å². The molecule has 0 saturated carbocycles. The summed E-state index contributed by atoms with van der Waals surface area (Å²) in [6.07, 6.45) is -4.56. The second-order valence-corrected chi connectivity index (χ2v) is 9.50. The number of carbonyl (C=O) groups excluding carboxylic acids is 2. The maximum Gasteiger partial charge on any atom is 0.351 e. The summed E-state index contributed by atoms with van der Waals surface area (Å²) in [6.45, 7) is 1.48. The lowest BCUT2D eigenvalue weighted by molar-refractivity contribution is -0.0496. The van der Waals surface area contributed by atoms with Gasteiger partial charge in [-0.05, 0) is 31.2 Å². The molecule has 45 heavy (non-hydrogen) atoms. The van der Waals surface area contributed by atoms with Gasteiger partial charge in [0, 0.05) is 5.56 Å². The fourth-order valence-corrected chi connectivity index (χ4v) is 4.66. The standard InChI is InChI=1S/C29H32FN3O12/c1-13-21(34)24(45-28(36)15-10-19(40-4)23(43-7)20(11-15)41-5)27(44-13)33-12-16(30)25(32-29(33)37)31-26(35)14-8-17(38-2)22(42-6)18(9-14)39-3/h8-13,21,24,27,34H,1-7H3,(H,31,32,35,37)/t13-,21-,24-,27-/m1/s1. The van der Waals surface area contributed by atoms with Crippen molar-refractivity contribution < 1.29 is 57.0 Å². The SMILES string of the molecule is COc1cc(C(=O)Nc2nc(=O)n([C@@H]3O[C@H](C)[C@@H](O)[C@H]3OC(=O)c3cc(OC)c(OC)c(OC)c3)cc2F)cc(OC)c1OC. The van der Waals surface area contributed by atoms with E-state index in [2.05, 4.69) is 10.3 Å². The van der Waals surface area contributed by atoms with Gasteiger partial charge < -0.3 is 48.3 Å². The molecule has 3 aromatic rings. The molecule has 0 aliphatic carbocycles. The van der Waals surface area contributed by atoms with Crippen LogP contribution in [0.1, 0.15) is 33.9 Å². The lowest BCUT2D eigenvalue weighted by Crippen LogP contribution is -2.39. The Hall–Kier alpha value is -5.09. The van der Waals surface area contributed by atoms with Gasteiger partial charge in [-0.25, -0.2) is 14.0 Å². The van der Waals surface area contributed by atoms with Gasteiger partial charge in [0.1, 0.15) is 6.10 Å². The van der Waals surface area contributed by atoms with E-state index in [1.54, 1.807) is 0 Å². The number of nitrogens with zero attached hydrogens (tertiary/aromatic N) is 2. The minimum absolute atomic E-state index is 0.00952. The van der Waals surface area contributed by atoms with Gasteiger partial charge in [-0.15, -0.1) is 0 Å². The number of benzene rings is 2. The molecular weight excluding hydrogens is 601 g/mol. The molecule has 2 aromatic carbocycles. The third-order valence-corrected chi connectivity index (χ3v) is 6.94. The number of halogens is 1. The Morgan fingerprint density at radius 3 is 1.82 bits per heavy atom. The molecule has 242 valence electrons. The summed E-state index contributed by atoms with van der Waals surface area (Å²) in [6, 6.07) is 5.34. The van der Waals surface area contributed by atoms with Crippen LogP contribution in [-0.4, -0.2) is 87.5 Å². The zero-order chi connectivity index (χ0) is 33.0. The fraction of sp³-hybridized carbons (Fsp3) is 0.379. The first-order valence-electron chi connectivity index (χ1n) is 13.3. The third kappa shape index (κ3) is 6.41. The zero-order valence-corrected chi connectivity index (χ0v) is 25.4. The topological polar surface area (TPSA) is 175 Å². The highest BCUT2D eigenvalue weighted by molar-refractivity contribution is 6.04. The van der Waals surface area contributed by atoms with Crippen molar-refractivity contribution in [3.05, 3.63) is 57.9 Å². The predicted octanol–water partition coefficient (Wildman–Crippen LogP) is 2.19. The first-order chi connectivity index (χ1) is 21.5. The molecule has 1 aliphatic heterocycles. The van der Waals surface area contributed by atoms with E-state index in [-0.39, 0.29) is 45.6 Å². The van der Waals surface area contributed by atoms with Crippen LogP contribution in [0.5, 0.6) is 34.5 Å². The summed E-state index contributed by atoms with van der Waals surface area (Å²) in [5, 5.41) is 13.0. The van der Waals surface area contributed by atoms with Gasteiger partial charge in [0.05, 0.1) is 60.5 Å². The number of methoxy groups -OCH3 is 6. The Morgan fingerprint density at radius 1 is 0.867 bits per heavy atom. The molecule has 4 atom stereocenters. The summed E-state index contributed by atoms with van der Waals surface area (Å²) >= 11 is 0. The van der Waals surface area contributed by atoms with E-state index < -0.39 is 53.7 Å². The summed E-state index contributed by atoms with van der Waals surface area (Å²) in [5.74, 6) is -2.43. The average molecular weight is 634 g/mol. The van der Waals surface area contributed by atoms with Gasteiger partial charge in [0.25, 0.3) is 5.91 Å². The molecule has 16 heteroatoms. The number of hydrogen-bond donors (Lipinski definition) is 2. The number of carbonyl (C=O) groups is 2. The number of aliphatic hydroxyl groups excluding tert-OH is 1. The Balaban J connectivity index is 1.61. The summed E-state index contributed by atoms with van der Waals surface area (Å²) < 4.78 is 58.7. The van der Waals surface area contributed by atoms with Crippen LogP contribution in [0.2, 0.25) is 0 Å². The second kappa shape index (κ2) is 13.7. The molecule has 2 N–H and O–H groups in total. The quantitative estimate of drug-likeness (QED) is 0.294. The van der Waals surface area contributed by atoms with Crippen LogP contribution in [0.3, 0.4) is 0 Å². The molecule has 2 heterocycles. The maximum absolute atomic E-state index is 15.3. The fourth-order valence-electron chi connectivity index (χ4n) is 4.66. The normalized spacial score (nSPS) is 19.0. The van der Waals surface area contributed by atoms with Crippen LogP contribution in [0.4, 0.5) is 10.2 Å². The van der Waals surface area contributed by atoms with Crippen molar-refractivity contribution >= 4 is 17.7 Å². The number of rotatable bonds is 11. The van der Waals surface area contributed by atoms with Gasteiger partial charge in [-0.3, -0.25) is 9.36 Å². The van der Waals surface area contributed by atoms with Crippen molar-refractivity contribution in [3.63, 3.8) is 0 Å². The lowest BCUT2D eigenvalue weighted by Gasteiger charge is -2.23. The van der Waals surface area contributed by atoms with E-state index in [1.165, 1.54) is 73.8 Å². The highest BCUT2D eigenvalue weighted by Crippen LogP contribution is 2.40. The molecule has 0 radical (unpaired) electrons. The van der Waals surface area contributed by atoms with Gasteiger partial charge in [0.2, 0.25) is 11.5 Å². The van der Waals surface area contributed by atoms with Gasteiger partial charge in [-0.1, -0.05) is 0 Å². The van der Waals surface area contributed by atoms with Crippen molar-refractivity contribution in [1.82, 2.24) is 9.55 Å². The number of hydrogen-bond acceptors (Lipinski definition) is 13. The number of anilines is 1. The third-order valence-electron chi connectivity index (χ3n) is 6.94. The molecule has 1 aromatic heterocycles. The highest BCUT2D eigenvalue weighted by atomic mass is 19.1. The number of amides is 1. The number of esters is 1. The van der Waals surface area contributed by atoms with Crippen molar-refractivity contribution in [2.75, 3.05) is 48.0 Å². The van der Waals surface area contributed by atoms with E-state index >= 15 is 4.39 Å². The van der Waals surface area contributed by atoms with Crippen molar-refractivity contribution in [2.45, 2.75) is 31.5 Å². The molecule has 1 fully saturated rings. The molecule has 1 saturated heterocycles. The van der Waals surface area contributed by atoms with Crippen LogP contribution >= 0.6 is 0 Å². The zero-order valence-electron chi connectivity index (χ0n) is 25.4. The van der Waals surface area contributed by atoms with E-state index in [0.29, 0.717) is 4.57 Å². The summed E-state index contributed by atoms with van der Waals surface area (Å²) in [5.41, 5.74) is -1.11. The Kier molecular flexibility index (Phi) is 9.98. The molecule has 15 nitrogen and oxygen atoms in total. The highest BCUT2D eigenvalue weighted by Gasteiger charge is 2.46. The maximum atomic E-state index is 15.3. The Bertz CT molecular complexity index is 1600. The van der Waals surface area contributed by atoms with Crippen molar-refractivity contribution in [3.8, 4) is 34.5 Å². The Labute approximate surface area is 256 Å². The number of ether oxygens (including phenoxy) is 8. The van der Waals surface area contributed by atoms with Gasteiger partial charge in [-0.2, -0.15) is 4.98 Å². The first kappa shape index (κ1) is 32.8. The van der Waals surface area contributed by atoms with Crippen LogP contribution in [0.15, 0.2) is 35.3 Å². The van der Waals surface area contributed by atoms with E-state index in [4.69, 9.17) is 37.9 Å². The van der Waals surface area contributed by atoms with Crippen LogP contribution in [0.25, 0.3) is 0 Å². The molecule has 1 amide bonds. The van der Waals surface area contributed by atoms with E-state index in [1.807, 2.05) is 0 Å². The smallest absolute Gasteiger partial charge is 0.351 e. The molecule has 0 unspecified atom stereocenters. The average Bonchev–Trinajstić information content (AvgIpc) is 3.32.